The van der Waals surface area contributed by atoms with E-state index in [0.29, 0.717) is 36.1 Å². The Balaban J connectivity index is 1.68. The fourth-order valence-corrected chi connectivity index (χ4v) is 5.16. The lowest BCUT2D eigenvalue weighted by molar-refractivity contribution is 0.171. The van der Waals surface area contributed by atoms with Crippen molar-refractivity contribution in [1.82, 2.24) is 9.78 Å². The molecular formula is C20H27N3O4S. The minimum absolute atomic E-state index is 0.238. The zero-order chi connectivity index (χ0) is 19.9. The molecule has 0 bridgehead atoms. The van der Waals surface area contributed by atoms with E-state index in [-0.39, 0.29) is 16.4 Å². The van der Waals surface area contributed by atoms with Crippen LogP contribution in [0.1, 0.15) is 58.2 Å². The third kappa shape index (κ3) is 3.70. The SMILES string of the molecule is CC(C)(C)c1nn(C2CCCC2)cc1S(=O)(=O)Nc1ccc2c(c1)OCCO2. The molecule has 1 aromatic carbocycles. The first-order valence-corrected chi connectivity index (χ1v) is 11.2. The summed E-state index contributed by atoms with van der Waals surface area (Å²) in [6, 6.07) is 5.34. The maximum atomic E-state index is 13.2. The largest absolute Gasteiger partial charge is 0.486 e. The van der Waals surface area contributed by atoms with Gasteiger partial charge >= 0.3 is 0 Å². The van der Waals surface area contributed by atoms with Gasteiger partial charge in [-0.05, 0) is 25.0 Å². The molecule has 4 rings (SSSR count). The summed E-state index contributed by atoms with van der Waals surface area (Å²) in [6.07, 6.45) is 6.09. The molecule has 1 N–H and O–H groups in total. The molecule has 152 valence electrons. The molecule has 1 saturated carbocycles. The van der Waals surface area contributed by atoms with Gasteiger partial charge in [-0.1, -0.05) is 33.6 Å². The van der Waals surface area contributed by atoms with Crippen molar-refractivity contribution in [3.63, 3.8) is 0 Å². The van der Waals surface area contributed by atoms with Crippen LogP contribution in [0, 0.1) is 0 Å². The van der Waals surface area contributed by atoms with Gasteiger partial charge in [-0.3, -0.25) is 9.40 Å². The summed E-state index contributed by atoms with van der Waals surface area (Å²) in [4.78, 5) is 0.238. The molecule has 1 aliphatic carbocycles. The number of nitrogens with one attached hydrogen (secondary N) is 1. The fraction of sp³-hybridized carbons (Fsp3) is 0.550. The lowest BCUT2D eigenvalue weighted by Gasteiger charge is -2.20. The van der Waals surface area contributed by atoms with Crippen LogP contribution in [0.2, 0.25) is 0 Å². The van der Waals surface area contributed by atoms with Crippen molar-refractivity contribution in [2.24, 2.45) is 0 Å². The number of aromatic nitrogens is 2. The molecule has 28 heavy (non-hydrogen) atoms. The van der Waals surface area contributed by atoms with Crippen molar-refractivity contribution in [2.75, 3.05) is 17.9 Å². The van der Waals surface area contributed by atoms with Crippen LogP contribution >= 0.6 is 0 Å². The molecule has 1 aromatic heterocycles. The Morgan fingerprint density at radius 1 is 1.11 bits per heavy atom. The normalized spacial score (nSPS) is 17.7. The van der Waals surface area contributed by atoms with Crippen molar-refractivity contribution in [3.05, 3.63) is 30.1 Å². The van der Waals surface area contributed by atoms with E-state index in [4.69, 9.17) is 14.6 Å². The van der Waals surface area contributed by atoms with Crippen LogP contribution in [0.25, 0.3) is 0 Å². The monoisotopic (exact) mass is 405 g/mol. The van der Waals surface area contributed by atoms with Crippen LogP contribution in [0.3, 0.4) is 0 Å². The Labute approximate surface area is 166 Å². The molecule has 2 aliphatic rings. The minimum Gasteiger partial charge on any atom is -0.486 e. The number of rotatable bonds is 4. The molecule has 0 amide bonds. The van der Waals surface area contributed by atoms with Gasteiger partial charge in [0, 0.05) is 17.7 Å². The van der Waals surface area contributed by atoms with Crippen molar-refractivity contribution in [1.29, 1.82) is 0 Å². The first-order chi connectivity index (χ1) is 13.2. The highest BCUT2D eigenvalue weighted by Gasteiger charge is 2.32. The first-order valence-electron chi connectivity index (χ1n) is 9.76. The van der Waals surface area contributed by atoms with Gasteiger partial charge in [0.15, 0.2) is 11.5 Å². The van der Waals surface area contributed by atoms with Gasteiger partial charge < -0.3 is 9.47 Å². The number of ether oxygens (including phenoxy) is 2. The second-order valence-corrected chi connectivity index (χ2v) is 10.1. The second kappa shape index (κ2) is 6.99. The van der Waals surface area contributed by atoms with Gasteiger partial charge in [-0.25, -0.2) is 8.42 Å². The summed E-state index contributed by atoms with van der Waals surface area (Å²) < 4.78 is 42.1. The van der Waals surface area contributed by atoms with E-state index in [9.17, 15) is 8.42 Å². The standard InChI is InChI=1S/C20H27N3O4S/c1-20(2,3)19-18(13-23(21-19)15-6-4-5-7-15)28(24,25)22-14-8-9-16-17(12-14)27-11-10-26-16/h8-9,12-13,15,22H,4-7,10-11H2,1-3H3. The molecule has 0 atom stereocenters. The maximum absolute atomic E-state index is 13.2. The number of sulfonamides is 1. The van der Waals surface area contributed by atoms with E-state index >= 15 is 0 Å². The summed E-state index contributed by atoms with van der Waals surface area (Å²) in [5.41, 5.74) is 0.642. The predicted octanol–water partition coefficient (Wildman–Crippen LogP) is 3.87. The lowest BCUT2D eigenvalue weighted by Crippen LogP contribution is -2.21. The van der Waals surface area contributed by atoms with Gasteiger partial charge in [-0.2, -0.15) is 5.10 Å². The minimum atomic E-state index is -3.79. The lowest BCUT2D eigenvalue weighted by atomic mass is 9.92. The van der Waals surface area contributed by atoms with Crippen molar-refractivity contribution >= 4 is 15.7 Å². The van der Waals surface area contributed by atoms with Gasteiger partial charge in [0.05, 0.1) is 17.4 Å². The second-order valence-electron chi connectivity index (χ2n) is 8.47. The van der Waals surface area contributed by atoms with E-state index in [1.54, 1.807) is 24.4 Å². The van der Waals surface area contributed by atoms with Crippen LogP contribution in [0.4, 0.5) is 5.69 Å². The number of benzene rings is 1. The van der Waals surface area contributed by atoms with Gasteiger partial charge in [-0.15, -0.1) is 0 Å². The first kappa shape index (κ1) is 19.1. The van der Waals surface area contributed by atoms with Crippen LogP contribution in [-0.2, 0) is 15.4 Å². The molecule has 1 fully saturated rings. The highest BCUT2D eigenvalue weighted by Crippen LogP contribution is 2.36. The number of anilines is 1. The molecule has 0 radical (unpaired) electrons. The number of nitrogens with zero attached hydrogens (tertiary/aromatic N) is 2. The molecule has 1 aliphatic heterocycles. The van der Waals surface area contributed by atoms with E-state index in [0.717, 1.165) is 25.7 Å². The predicted molar refractivity (Wildman–Crippen MR) is 107 cm³/mol. The quantitative estimate of drug-likeness (QED) is 0.835. The van der Waals surface area contributed by atoms with Crippen molar-refractivity contribution in [2.45, 2.75) is 62.8 Å². The van der Waals surface area contributed by atoms with E-state index in [1.807, 2.05) is 25.5 Å². The fourth-order valence-electron chi connectivity index (χ4n) is 3.76. The number of hydrogen-bond donors (Lipinski definition) is 1. The van der Waals surface area contributed by atoms with Gasteiger partial charge in [0.2, 0.25) is 0 Å². The summed E-state index contributed by atoms with van der Waals surface area (Å²) in [7, 11) is -3.79. The van der Waals surface area contributed by atoms with Crippen LogP contribution in [-0.4, -0.2) is 31.4 Å². The zero-order valence-corrected chi connectivity index (χ0v) is 17.4. The summed E-state index contributed by atoms with van der Waals surface area (Å²) in [5, 5.41) is 4.69. The van der Waals surface area contributed by atoms with E-state index < -0.39 is 10.0 Å². The average Bonchev–Trinajstić information content (AvgIpc) is 3.30. The highest BCUT2D eigenvalue weighted by atomic mass is 32.2. The third-order valence-corrected chi connectivity index (χ3v) is 6.57. The summed E-state index contributed by atoms with van der Waals surface area (Å²) >= 11 is 0. The highest BCUT2D eigenvalue weighted by molar-refractivity contribution is 7.92. The Morgan fingerprint density at radius 3 is 2.46 bits per heavy atom. The topological polar surface area (TPSA) is 82.5 Å². The zero-order valence-electron chi connectivity index (χ0n) is 16.6. The maximum Gasteiger partial charge on any atom is 0.265 e. The Bertz CT molecular complexity index is 970. The van der Waals surface area contributed by atoms with E-state index in [1.165, 1.54) is 0 Å². The van der Waals surface area contributed by atoms with Crippen molar-refractivity contribution in [3.8, 4) is 11.5 Å². The third-order valence-electron chi connectivity index (χ3n) is 5.19. The number of hydrogen-bond acceptors (Lipinski definition) is 5. The molecule has 0 spiro atoms. The molecule has 7 nitrogen and oxygen atoms in total. The van der Waals surface area contributed by atoms with Gasteiger partial charge in [0.1, 0.15) is 18.1 Å². The van der Waals surface area contributed by atoms with Crippen LogP contribution < -0.4 is 14.2 Å². The molecule has 2 aromatic rings. The Morgan fingerprint density at radius 2 is 1.79 bits per heavy atom. The van der Waals surface area contributed by atoms with Crippen LogP contribution in [0.15, 0.2) is 29.3 Å². The van der Waals surface area contributed by atoms with Crippen molar-refractivity contribution < 1.29 is 17.9 Å². The molecule has 8 heteroatoms. The number of fused-ring (bicyclic) bond motifs is 1. The Hall–Kier alpha value is -2.22. The summed E-state index contributed by atoms with van der Waals surface area (Å²) in [5.74, 6) is 1.17. The molecular weight excluding hydrogens is 378 g/mol. The molecule has 0 unspecified atom stereocenters. The molecule has 2 heterocycles. The Kier molecular flexibility index (Phi) is 4.77. The van der Waals surface area contributed by atoms with Crippen LogP contribution in [0.5, 0.6) is 11.5 Å². The van der Waals surface area contributed by atoms with E-state index in [2.05, 4.69) is 4.72 Å². The smallest absolute Gasteiger partial charge is 0.265 e. The molecule has 0 saturated heterocycles. The summed E-state index contributed by atoms with van der Waals surface area (Å²) in [6.45, 7) is 6.89. The average molecular weight is 406 g/mol. The van der Waals surface area contributed by atoms with Gasteiger partial charge in [0.25, 0.3) is 10.0 Å².